The molecule has 142 valence electrons. The Balaban J connectivity index is 1.76. The summed E-state index contributed by atoms with van der Waals surface area (Å²) in [4.78, 5) is 25.3. The van der Waals surface area contributed by atoms with Gasteiger partial charge in [-0.25, -0.2) is 4.79 Å². The van der Waals surface area contributed by atoms with Crippen LogP contribution in [0.1, 0.15) is 34.4 Å². The number of fused-ring (bicyclic) bond motifs is 1. The summed E-state index contributed by atoms with van der Waals surface area (Å²) in [5.74, 6) is 0.874. The van der Waals surface area contributed by atoms with Gasteiger partial charge in [-0.3, -0.25) is 4.79 Å². The summed E-state index contributed by atoms with van der Waals surface area (Å²) < 4.78 is 16.6. The van der Waals surface area contributed by atoms with Crippen LogP contribution in [0.2, 0.25) is 0 Å². The van der Waals surface area contributed by atoms with Crippen LogP contribution in [0.15, 0.2) is 34.3 Å². The number of aromatic carboxylic acids is 1. The molecular formula is C20H21NO6. The monoisotopic (exact) mass is 371 g/mol. The third-order valence-electron chi connectivity index (χ3n) is 4.22. The minimum absolute atomic E-state index is 0.100. The number of carbonyl (C=O) groups is 2. The van der Waals surface area contributed by atoms with Crippen LogP contribution in [0.5, 0.6) is 11.5 Å². The lowest BCUT2D eigenvalue weighted by molar-refractivity contribution is -0.126. The average Bonchev–Trinajstić information content (AvgIpc) is 3.01. The Kier molecular flexibility index (Phi) is 5.21. The van der Waals surface area contributed by atoms with E-state index in [4.69, 9.17) is 19.0 Å². The Labute approximate surface area is 156 Å². The predicted molar refractivity (Wildman–Crippen MR) is 98.0 cm³/mol. The molecule has 1 N–H and O–H groups in total. The molecular weight excluding hydrogens is 350 g/mol. The second-order valence-electron chi connectivity index (χ2n) is 6.24. The van der Waals surface area contributed by atoms with E-state index in [0.717, 1.165) is 5.56 Å². The summed E-state index contributed by atoms with van der Waals surface area (Å²) in [5, 5.41) is 9.10. The van der Waals surface area contributed by atoms with E-state index in [1.807, 2.05) is 25.1 Å². The molecule has 0 fully saturated rings. The summed E-state index contributed by atoms with van der Waals surface area (Å²) in [6.45, 7) is 4.37. The van der Waals surface area contributed by atoms with Crippen LogP contribution in [-0.2, 0) is 11.3 Å². The fourth-order valence-electron chi connectivity index (χ4n) is 2.92. The van der Waals surface area contributed by atoms with Crippen LogP contribution < -0.4 is 9.47 Å². The summed E-state index contributed by atoms with van der Waals surface area (Å²) >= 11 is 0. The predicted octanol–water partition coefficient (Wildman–Crippen LogP) is 3.12. The molecule has 0 aliphatic carbocycles. The number of hydrogen-bond acceptors (Lipinski definition) is 5. The third kappa shape index (κ3) is 3.97. The zero-order chi connectivity index (χ0) is 19.6. The summed E-state index contributed by atoms with van der Waals surface area (Å²) in [6, 6.07) is 6.92. The number of aryl methyl sites for hydroxylation is 1. The van der Waals surface area contributed by atoms with Gasteiger partial charge in [0.15, 0.2) is 0 Å². The number of carboxylic acids is 1. The SMILES string of the molecule is CCOc1ccc2c(c1)C=C(C(=O)N(C)Cc1cc(C(=O)O)c(C)o1)CO2. The smallest absolute Gasteiger partial charge is 0.339 e. The molecule has 1 aromatic carbocycles. The van der Waals surface area contributed by atoms with Gasteiger partial charge in [-0.15, -0.1) is 0 Å². The highest BCUT2D eigenvalue weighted by Gasteiger charge is 2.22. The Bertz CT molecular complexity index is 911. The molecule has 1 aliphatic rings. The van der Waals surface area contributed by atoms with Crippen molar-refractivity contribution in [3.63, 3.8) is 0 Å². The van der Waals surface area contributed by atoms with Gasteiger partial charge in [-0.1, -0.05) is 0 Å². The van der Waals surface area contributed by atoms with Crippen LogP contribution in [-0.4, -0.2) is 42.1 Å². The second kappa shape index (κ2) is 7.57. The summed E-state index contributed by atoms with van der Waals surface area (Å²) in [6.07, 6.45) is 1.79. The van der Waals surface area contributed by atoms with Gasteiger partial charge in [0.25, 0.3) is 5.91 Å². The van der Waals surface area contributed by atoms with E-state index in [1.54, 1.807) is 20.0 Å². The molecule has 0 spiro atoms. The lowest BCUT2D eigenvalue weighted by Crippen LogP contribution is -2.30. The fourth-order valence-corrected chi connectivity index (χ4v) is 2.92. The van der Waals surface area contributed by atoms with Crippen molar-refractivity contribution in [2.45, 2.75) is 20.4 Å². The first kappa shape index (κ1) is 18.6. The van der Waals surface area contributed by atoms with Crippen LogP contribution in [0.25, 0.3) is 6.08 Å². The molecule has 1 aromatic heterocycles. The van der Waals surface area contributed by atoms with Crippen molar-refractivity contribution in [2.24, 2.45) is 0 Å². The zero-order valence-electron chi connectivity index (χ0n) is 15.4. The van der Waals surface area contributed by atoms with E-state index < -0.39 is 5.97 Å². The van der Waals surface area contributed by atoms with Gasteiger partial charge in [0.05, 0.1) is 18.7 Å². The molecule has 0 unspecified atom stereocenters. The van der Waals surface area contributed by atoms with Crippen molar-refractivity contribution in [2.75, 3.05) is 20.3 Å². The van der Waals surface area contributed by atoms with Crippen molar-refractivity contribution < 1.29 is 28.6 Å². The minimum Gasteiger partial charge on any atom is -0.494 e. The molecule has 27 heavy (non-hydrogen) atoms. The van der Waals surface area contributed by atoms with Gasteiger partial charge in [0.1, 0.15) is 35.2 Å². The van der Waals surface area contributed by atoms with Crippen molar-refractivity contribution >= 4 is 18.0 Å². The van der Waals surface area contributed by atoms with Crippen LogP contribution in [0.3, 0.4) is 0 Å². The Morgan fingerprint density at radius 3 is 2.74 bits per heavy atom. The van der Waals surface area contributed by atoms with E-state index in [0.29, 0.717) is 35.2 Å². The molecule has 7 heteroatoms. The number of ether oxygens (including phenoxy) is 2. The summed E-state index contributed by atoms with van der Waals surface area (Å²) in [5.41, 5.74) is 1.38. The first-order chi connectivity index (χ1) is 12.9. The second-order valence-corrected chi connectivity index (χ2v) is 6.24. The van der Waals surface area contributed by atoms with Crippen LogP contribution >= 0.6 is 0 Å². The minimum atomic E-state index is -1.05. The van der Waals surface area contributed by atoms with Gasteiger partial charge in [-0.05, 0) is 44.2 Å². The van der Waals surface area contributed by atoms with E-state index in [2.05, 4.69) is 0 Å². The number of hydrogen-bond donors (Lipinski definition) is 1. The highest BCUT2D eigenvalue weighted by atomic mass is 16.5. The van der Waals surface area contributed by atoms with Gasteiger partial charge >= 0.3 is 5.97 Å². The molecule has 1 amide bonds. The van der Waals surface area contributed by atoms with E-state index in [9.17, 15) is 9.59 Å². The molecule has 2 heterocycles. The normalized spacial score (nSPS) is 12.6. The highest BCUT2D eigenvalue weighted by molar-refractivity contribution is 5.99. The first-order valence-electron chi connectivity index (χ1n) is 8.57. The quantitative estimate of drug-likeness (QED) is 0.839. The maximum atomic E-state index is 12.7. The number of likely N-dealkylation sites (N-methyl/N-ethyl adjacent to an activating group) is 1. The van der Waals surface area contributed by atoms with Gasteiger partial charge < -0.3 is 23.9 Å². The Hall–Kier alpha value is -3.22. The maximum absolute atomic E-state index is 12.7. The molecule has 0 saturated heterocycles. The molecule has 2 aromatic rings. The average molecular weight is 371 g/mol. The molecule has 0 saturated carbocycles. The number of furan rings is 1. The Morgan fingerprint density at radius 1 is 1.30 bits per heavy atom. The standard InChI is InChI=1S/C20H21NO6/c1-4-25-15-5-6-18-13(8-15)7-14(11-26-18)19(22)21(3)10-16-9-17(20(23)24)12(2)27-16/h5-9H,4,10-11H2,1-3H3,(H,23,24). The van der Waals surface area contributed by atoms with Gasteiger partial charge in [0, 0.05) is 12.6 Å². The number of carbonyl (C=O) groups excluding carboxylic acids is 1. The third-order valence-corrected chi connectivity index (χ3v) is 4.22. The molecule has 7 nitrogen and oxygen atoms in total. The van der Waals surface area contributed by atoms with Crippen molar-refractivity contribution in [1.82, 2.24) is 4.90 Å². The van der Waals surface area contributed by atoms with Gasteiger partial charge in [0.2, 0.25) is 0 Å². The molecule has 0 atom stereocenters. The fraction of sp³-hybridized carbons (Fsp3) is 0.300. The first-order valence-corrected chi connectivity index (χ1v) is 8.57. The van der Waals surface area contributed by atoms with Gasteiger partial charge in [-0.2, -0.15) is 0 Å². The Morgan fingerprint density at radius 2 is 2.07 bits per heavy atom. The molecule has 0 bridgehead atoms. The number of rotatable bonds is 6. The number of benzene rings is 1. The van der Waals surface area contributed by atoms with Crippen LogP contribution in [0.4, 0.5) is 0 Å². The topological polar surface area (TPSA) is 89.2 Å². The maximum Gasteiger partial charge on any atom is 0.339 e. The molecule has 1 aliphatic heterocycles. The summed E-state index contributed by atoms with van der Waals surface area (Å²) in [7, 11) is 1.63. The molecule has 3 rings (SSSR count). The number of carboxylic acid groups (broad SMARTS) is 1. The lowest BCUT2D eigenvalue weighted by Gasteiger charge is -2.22. The highest BCUT2D eigenvalue weighted by Crippen LogP contribution is 2.30. The molecule has 0 radical (unpaired) electrons. The number of nitrogens with zero attached hydrogens (tertiary/aromatic N) is 1. The van der Waals surface area contributed by atoms with E-state index in [-0.39, 0.29) is 24.6 Å². The zero-order valence-corrected chi connectivity index (χ0v) is 15.4. The van der Waals surface area contributed by atoms with E-state index in [1.165, 1.54) is 11.0 Å². The van der Waals surface area contributed by atoms with Crippen molar-refractivity contribution in [3.8, 4) is 11.5 Å². The largest absolute Gasteiger partial charge is 0.494 e. The lowest BCUT2D eigenvalue weighted by atomic mass is 10.1. The van der Waals surface area contributed by atoms with E-state index >= 15 is 0 Å². The van der Waals surface area contributed by atoms with Crippen LogP contribution in [0, 0.1) is 6.92 Å². The van der Waals surface area contributed by atoms with Crippen molar-refractivity contribution in [3.05, 3.63) is 52.5 Å². The van der Waals surface area contributed by atoms with Crippen molar-refractivity contribution in [1.29, 1.82) is 0 Å². The number of amides is 1.